The lowest BCUT2D eigenvalue weighted by atomic mass is 9.74. The third-order valence-electron chi connectivity index (χ3n) is 4.17. The van der Waals surface area contributed by atoms with Crippen LogP contribution in [0.4, 0.5) is 8.78 Å². The van der Waals surface area contributed by atoms with Crippen molar-refractivity contribution in [3.63, 3.8) is 0 Å². The summed E-state index contributed by atoms with van der Waals surface area (Å²) >= 11 is 0. The molecule has 6 heteroatoms. The Morgan fingerprint density at radius 2 is 2.00 bits per heavy atom. The van der Waals surface area contributed by atoms with E-state index in [1.54, 1.807) is 12.3 Å². The standard InChI is InChI=1S/C15H17F2N3O/c1-10-9-11(5-8-18-10)12-19-14(21-20-12)15(13(16)17)6-3-2-4-7-15/h5,8-9,13H,2-4,6-7H2,1H3. The van der Waals surface area contributed by atoms with Crippen LogP contribution in [0, 0.1) is 6.92 Å². The number of alkyl halides is 2. The molecule has 2 heterocycles. The Morgan fingerprint density at radius 1 is 1.24 bits per heavy atom. The van der Waals surface area contributed by atoms with Gasteiger partial charge in [-0.15, -0.1) is 0 Å². The molecule has 0 radical (unpaired) electrons. The van der Waals surface area contributed by atoms with Crippen molar-refractivity contribution in [2.24, 2.45) is 0 Å². The number of nitrogens with zero attached hydrogens (tertiary/aromatic N) is 3. The highest BCUT2D eigenvalue weighted by Crippen LogP contribution is 2.43. The van der Waals surface area contributed by atoms with Crippen LogP contribution in [0.2, 0.25) is 0 Å². The maximum Gasteiger partial charge on any atom is 0.252 e. The van der Waals surface area contributed by atoms with Gasteiger partial charge < -0.3 is 4.52 Å². The third kappa shape index (κ3) is 2.54. The molecule has 0 amide bonds. The van der Waals surface area contributed by atoms with Gasteiger partial charge in [0.2, 0.25) is 11.7 Å². The molecule has 2 aromatic rings. The van der Waals surface area contributed by atoms with Crippen LogP contribution >= 0.6 is 0 Å². The maximum atomic E-state index is 13.6. The summed E-state index contributed by atoms with van der Waals surface area (Å²) in [6, 6.07) is 3.56. The van der Waals surface area contributed by atoms with E-state index >= 15 is 0 Å². The van der Waals surface area contributed by atoms with Gasteiger partial charge in [0.1, 0.15) is 5.41 Å². The van der Waals surface area contributed by atoms with Gasteiger partial charge in [0, 0.05) is 17.5 Å². The third-order valence-corrected chi connectivity index (χ3v) is 4.17. The molecule has 0 N–H and O–H groups in total. The molecule has 1 saturated carbocycles. The number of hydrogen-bond donors (Lipinski definition) is 0. The number of aryl methyl sites for hydroxylation is 1. The first kappa shape index (κ1) is 14.1. The minimum absolute atomic E-state index is 0.0710. The van der Waals surface area contributed by atoms with Crippen molar-refractivity contribution < 1.29 is 13.3 Å². The molecule has 4 nitrogen and oxygen atoms in total. The van der Waals surface area contributed by atoms with Crippen molar-refractivity contribution in [2.75, 3.05) is 0 Å². The van der Waals surface area contributed by atoms with Crippen LogP contribution < -0.4 is 0 Å². The fourth-order valence-corrected chi connectivity index (χ4v) is 2.94. The van der Waals surface area contributed by atoms with E-state index in [-0.39, 0.29) is 5.89 Å². The minimum Gasteiger partial charge on any atom is -0.338 e. The van der Waals surface area contributed by atoms with E-state index in [1.807, 2.05) is 13.0 Å². The van der Waals surface area contributed by atoms with Crippen molar-refractivity contribution in [2.45, 2.75) is 50.9 Å². The second-order valence-corrected chi connectivity index (χ2v) is 5.63. The Bertz CT molecular complexity index is 621. The molecule has 0 saturated heterocycles. The van der Waals surface area contributed by atoms with Crippen LogP contribution in [0.1, 0.15) is 43.7 Å². The smallest absolute Gasteiger partial charge is 0.252 e. The molecule has 0 bridgehead atoms. The van der Waals surface area contributed by atoms with Crippen molar-refractivity contribution in [3.05, 3.63) is 29.9 Å². The SMILES string of the molecule is Cc1cc(-c2noc(C3(C(F)F)CCCCC3)n2)ccn1. The molecule has 1 fully saturated rings. The van der Waals surface area contributed by atoms with E-state index in [2.05, 4.69) is 15.1 Å². The highest BCUT2D eigenvalue weighted by molar-refractivity contribution is 5.54. The monoisotopic (exact) mass is 293 g/mol. The number of pyridine rings is 1. The van der Waals surface area contributed by atoms with Crippen molar-refractivity contribution in [1.82, 2.24) is 15.1 Å². The van der Waals surface area contributed by atoms with Crippen LogP contribution in [0.5, 0.6) is 0 Å². The average Bonchev–Trinajstić information content (AvgIpc) is 2.98. The zero-order valence-corrected chi connectivity index (χ0v) is 11.9. The molecule has 112 valence electrons. The van der Waals surface area contributed by atoms with Gasteiger partial charge in [-0.05, 0) is 31.9 Å². The second-order valence-electron chi connectivity index (χ2n) is 5.63. The lowest BCUT2D eigenvalue weighted by molar-refractivity contribution is 0.00627. The van der Waals surface area contributed by atoms with Crippen LogP contribution in [0.3, 0.4) is 0 Å². The van der Waals surface area contributed by atoms with Gasteiger partial charge in [-0.3, -0.25) is 4.98 Å². The molecule has 3 rings (SSSR count). The Hall–Kier alpha value is -1.85. The van der Waals surface area contributed by atoms with Crippen molar-refractivity contribution in [1.29, 1.82) is 0 Å². The second kappa shape index (κ2) is 5.50. The van der Waals surface area contributed by atoms with Gasteiger partial charge in [0.25, 0.3) is 6.43 Å². The molecule has 2 aromatic heterocycles. The number of halogens is 2. The quantitative estimate of drug-likeness (QED) is 0.861. The van der Waals surface area contributed by atoms with Crippen molar-refractivity contribution >= 4 is 0 Å². The molecule has 0 unspecified atom stereocenters. The highest BCUT2D eigenvalue weighted by Gasteiger charge is 2.47. The molecular formula is C15H17F2N3O. The molecular weight excluding hydrogens is 276 g/mol. The first-order valence-corrected chi connectivity index (χ1v) is 7.17. The molecule has 0 atom stereocenters. The van der Waals surface area contributed by atoms with Gasteiger partial charge in [-0.1, -0.05) is 24.4 Å². The van der Waals surface area contributed by atoms with E-state index in [9.17, 15) is 8.78 Å². The molecule has 1 aliphatic rings. The summed E-state index contributed by atoms with van der Waals surface area (Å²) in [5.41, 5.74) is 0.281. The summed E-state index contributed by atoms with van der Waals surface area (Å²) in [5, 5.41) is 3.88. The summed E-state index contributed by atoms with van der Waals surface area (Å²) in [4.78, 5) is 8.35. The van der Waals surface area contributed by atoms with Gasteiger partial charge >= 0.3 is 0 Å². The van der Waals surface area contributed by atoms with Gasteiger partial charge in [0.05, 0.1) is 0 Å². The van der Waals surface area contributed by atoms with Crippen LogP contribution in [0.25, 0.3) is 11.4 Å². The summed E-state index contributed by atoms with van der Waals surface area (Å²) in [6.45, 7) is 1.85. The topological polar surface area (TPSA) is 51.8 Å². The Kier molecular flexibility index (Phi) is 3.69. The molecule has 0 aliphatic heterocycles. The highest BCUT2D eigenvalue weighted by atomic mass is 19.3. The van der Waals surface area contributed by atoms with Gasteiger partial charge in [0.15, 0.2) is 0 Å². The Labute approximate surface area is 121 Å². The largest absolute Gasteiger partial charge is 0.338 e. The maximum absolute atomic E-state index is 13.6. The van der Waals surface area contributed by atoms with E-state index in [0.29, 0.717) is 18.7 Å². The lowest BCUT2D eigenvalue weighted by Crippen LogP contribution is -2.37. The fraction of sp³-hybridized carbons (Fsp3) is 0.533. The summed E-state index contributed by atoms with van der Waals surface area (Å²) in [5.74, 6) is 0.419. The van der Waals surface area contributed by atoms with Gasteiger partial charge in [-0.2, -0.15) is 4.98 Å². The first-order chi connectivity index (χ1) is 10.1. The van der Waals surface area contributed by atoms with E-state index in [0.717, 1.165) is 30.5 Å². The lowest BCUT2D eigenvalue weighted by Gasteiger charge is -2.32. The molecule has 0 spiro atoms. The molecule has 0 aromatic carbocycles. The molecule has 1 aliphatic carbocycles. The van der Waals surface area contributed by atoms with E-state index < -0.39 is 11.8 Å². The zero-order chi connectivity index (χ0) is 14.9. The fourth-order valence-electron chi connectivity index (χ4n) is 2.94. The average molecular weight is 293 g/mol. The predicted octanol–water partition coefficient (Wildman–Crippen LogP) is 3.91. The van der Waals surface area contributed by atoms with Crippen LogP contribution in [-0.2, 0) is 5.41 Å². The first-order valence-electron chi connectivity index (χ1n) is 7.17. The molecule has 21 heavy (non-hydrogen) atoms. The van der Waals surface area contributed by atoms with E-state index in [4.69, 9.17) is 4.52 Å². The van der Waals surface area contributed by atoms with Gasteiger partial charge in [-0.25, -0.2) is 8.78 Å². The van der Waals surface area contributed by atoms with Crippen molar-refractivity contribution in [3.8, 4) is 11.4 Å². The zero-order valence-electron chi connectivity index (χ0n) is 11.9. The summed E-state index contributed by atoms with van der Waals surface area (Å²) in [6.07, 6.45) is 2.50. The number of hydrogen-bond acceptors (Lipinski definition) is 4. The normalized spacial score (nSPS) is 18.1. The summed E-state index contributed by atoms with van der Waals surface area (Å²) < 4.78 is 32.4. The predicted molar refractivity (Wildman–Crippen MR) is 73.0 cm³/mol. The Balaban J connectivity index is 1.96. The van der Waals surface area contributed by atoms with Crippen LogP contribution in [-0.4, -0.2) is 21.6 Å². The Morgan fingerprint density at radius 3 is 2.67 bits per heavy atom. The number of aromatic nitrogens is 3. The van der Waals surface area contributed by atoms with Crippen LogP contribution in [0.15, 0.2) is 22.9 Å². The number of rotatable bonds is 3. The minimum atomic E-state index is -2.48. The summed E-state index contributed by atoms with van der Waals surface area (Å²) in [7, 11) is 0. The van der Waals surface area contributed by atoms with E-state index in [1.165, 1.54) is 0 Å².